The molecule has 4 aromatic rings. The molecule has 0 saturated carbocycles. The molecule has 1 amide bonds. The number of nitrogens with zero attached hydrogens (tertiary/aromatic N) is 3. The number of carbonyl (C=O) groups is 1. The molecule has 0 unspecified atom stereocenters. The van der Waals surface area contributed by atoms with Crippen molar-refractivity contribution in [1.29, 1.82) is 0 Å². The Labute approximate surface area is 158 Å². The van der Waals surface area contributed by atoms with Gasteiger partial charge in [-0.05, 0) is 50.2 Å². The number of rotatable bonds is 4. The number of fused-ring (bicyclic) bond motifs is 1. The summed E-state index contributed by atoms with van der Waals surface area (Å²) in [6.07, 6.45) is 0. The third-order valence-corrected chi connectivity index (χ3v) is 4.45. The minimum absolute atomic E-state index is 0.166. The number of amides is 1. The molecule has 0 saturated heterocycles. The zero-order valence-electron chi connectivity index (χ0n) is 15.1. The van der Waals surface area contributed by atoms with Gasteiger partial charge in [-0.1, -0.05) is 17.3 Å². The Morgan fingerprint density at radius 1 is 1.11 bits per heavy atom. The Morgan fingerprint density at radius 2 is 1.82 bits per heavy atom. The van der Waals surface area contributed by atoms with Crippen molar-refractivity contribution in [2.45, 2.75) is 20.4 Å². The molecule has 2 aromatic heterocycles. The van der Waals surface area contributed by atoms with Crippen molar-refractivity contribution in [3.63, 3.8) is 0 Å². The Morgan fingerprint density at radius 3 is 2.46 bits per heavy atom. The summed E-state index contributed by atoms with van der Waals surface area (Å²) in [6, 6.07) is 13.3. The second-order valence-corrected chi connectivity index (χ2v) is 6.30. The maximum absolute atomic E-state index is 13.6. The number of hydrogen-bond acceptors (Lipinski definition) is 4. The minimum atomic E-state index is -2.72. The highest BCUT2D eigenvalue weighted by Gasteiger charge is 2.20. The van der Waals surface area contributed by atoms with E-state index in [1.54, 1.807) is 62.4 Å². The van der Waals surface area contributed by atoms with E-state index in [1.807, 2.05) is 0 Å². The lowest BCUT2D eigenvalue weighted by atomic mass is 10.1. The smallest absolute Gasteiger partial charge is 0.320 e. The zero-order chi connectivity index (χ0) is 19.8. The van der Waals surface area contributed by atoms with Crippen molar-refractivity contribution >= 4 is 22.6 Å². The van der Waals surface area contributed by atoms with E-state index in [-0.39, 0.29) is 11.7 Å². The highest BCUT2D eigenvalue weighted by atomic mass is 19.3. The van der Waals surface area contributed by atoms with Gasteiger partial charge >= 0.3 is 6.55 Å². The van der Waals surface area contributed by atoms with Crippen molar-refractivity contribution in [1.82, 2.24) is 14.7 Å². The minimum Gasteiger partial charge on any atom is -0.361 e. The van der Waals surface area contributed by atoms with E-state index in [2.05, 4.69) is 15.5 Å². The van der Waals surface area contributed by atoms with Crippen LogP contribution in [0.2, 0.25) is 0 Å². The molecule has 0 aliphatic carbocycles. The topological polar surface area (TPSA) is 73.0 Å². The summed E-state index contributed by atoms with van der Waals surface area (Å²) >= 11 is 0. The number of alkyl halides is 2. The molecule has 8 heteroatoms. The van der Waals surface area contributed by atoms with Gasteiger partial charge in [-0.3, -0.25) is 9.36 Å². The molecule has 2 heterocycles. The molecule has 0 fully saturated rings. The molecule has 0 bridgehead atoms. The maximum Gasteiger partial charge on any atom is 0.320 e. The van der Waals surface area contributed by atoms with Gasteiger partial charge in [0.05, 0.1) is 16.7 Å². The van der Waals surface area contributed by atoms with Gasteiger partial charge in [0.15, 0.2) is 0 Å². The third kappa shape index (κ3) is 3.02. The fourth-order valence-electron chi connectivity index (χ4n) is 3.15. The van der Waals surface area contributed by atoms with E-state index < -0.39 is 6.55 Å². The summed E-state index contributed by atoms with van der Waals surface area (Å²) in [5.74, 6) is 0.251. The van der Waals surface area contributed by atoms with Gasteiger partial charge in [-0.15, -0.1) is 0 Å². The number of anilines is 1. The van der Waals surface area contributed by atoms with Crippen LogP contribution in [0.4, 0.5) is 14.5 Å². The van der Waals surface area contributed by atoms with Crippen LogP contribution in [-0.2, 0) is 0 Å². The van der Waals surface area contributed by atoms with Gasteiger partial charge in [-0.25, -0.2) is 4.98 Å². The number of aryl methyl sites for hydroxylation is 2. The molecule has 0 atom stereocenters. The average molecular weight is 382 g/mol. The van der Waals surface area contributed by atoms with Crippen LogP contribution < -0.4 is 5.32 Å². The molecule has 142 valence electrons. The SMILES string of the molecule is Cc1noc(C)c1C(=O)Nc1ccc(-c2nc3ccccc3n2C(F)F)cc1. The standard InChI is InChI=1S/C20H16F2N4O2/c1-11-17(12(2)28-25-11)19(27)23-14-9-7-13(8-10-14)18-24-15-5-3-4-6-16(15)26(18)20(21)22/h3-10,20H,1-2H3,(H,23,27). The van der Waals surface area contributed by atoms with E-state index in [0.29, 0.717) is 39.3 Å². The molecule has 6 nitrogen and oxygen atoms in total. The quantitative estimate of drug-likeness (QED) is 0.542. The summed E-state index contributed by atoms with van der Waals surface area (Å²) in [5, 5.41) is 6.52. The fourth-order valence-corrected chi connectivity index (χ4v) is 3.15. The van der Waals surface area contributed by atoms with Gasteiger partial charge < -0.3 is 9.84 Å². The average Bonchev–Trinajstić information content (AvgIpc) is 3.22. The second-order valence-electron chi connectivity index (χ2n) is 6.30. The van der Waals surface area contributed by atoms with Crippen molar-refractivity contribution < 1.29 is 18.1 Å². The predicted octanol–water partition coefficient (Wildman–Crippen LogP) is 4.96. The number of aromatic nitrogens is 3. The number of carbonyl (C=O) groups excluding carboxylic acids is 1. The van der Waals surface area contributed by atoms with Crippen molar-refractivity contribution in [3.05, 3.63) is 65.5 Å². The molecule has 0 radical (unpaired) electrons. The van der Waals surface area contributed by atoms with Gasteiger partial charge in [-0.2, -0.15) is 8.78 Å². The van der Waals surface area contributed by atoms with Crippen LogP contribution >= 0.6 is 0 Å². The lowest BCUT2D eigenvalue weighted by Crippen LogP contribution is -2.13. The van der Waals surface area contributed by atoms with Crippen LogP contribution in [0.1, 0.15) is 28.4 Å². The van der Waals surface area contributed by atoms with Crippen molar-refractivity contribution in [2.24, 2.45) is 0 Å². The van der Waals surface area contributed by atoms with Crippen LogP contribution in [0.15, 0.2) is 53.1 Å². The summed E-state index contributed by atoms with van der Waals surface area (Å²) in [4.78, 5) is 16.7. The van der Waals surface area contributed by atoms with E-state index in [0.717, 1.165) is 4.57 Å². The fraction of sp³-hybridized carbons (Fsp3) is 0.150. The monoisotopic (exact) mass is 382 g/mol. The molecular formula is C20H16F2N4O2. The van der Waals surface area contributed by atoms with Crippen LogP contribution in [0.25, 0.3) is 22.4 Å². The highest BCUT2D eigenvalue weighted by molar-refractivity contribution is 6.05. The first kappa shape index (κ1) is 17.8. The van der Waals surface area contributed by atoms with Crippen LogP contribution in [0, 0.1) is 13.8 Å². The number of benzene rings is 2. The summed E-state index contributed by atoms with van der Waals surface area (Å²) < 4.78 is 33.1. The Hall–Kier alpha value is -3.55. The zero-order valence-corrected chi connectivity index (χ0v) is 15.1. The molecule has 28 heavy (non-hydrogen) atoms. The van der Waals surface area contributed by atoms with Gasteiger partial charge in [0.2, 0.25) is 0 Å². The number of nitrogens with one attached hydrogen (secondary N) is 1. The van der Waals surface area contributed by atoms with Crippen molar-refractivity contribution in [3.8, 4) is 11.4 Å². The Kier molecular flexibility index (Phi) is 4.38. The lowest BCUT2D eigenvalue weighted by molar-refractivity contribution is 0.0764. The summed E-state index contributed by atoms with van der Waals surface area (Å²) in [7, 11) is 0. The molecule has 4 rings (SSSR count). The summed E-state index contributed by atoms with van der Waals surface area (Å²) in [5.41, 5.74) is 2.78. The third-order valence-electron chi connectivity index (χ3n) is 4.45. The predicted molar refractivity (Wildman–Crippen MR) is 100 cm³/mol. The summed E-state index contributed by atoms with van der Waals surface area (Å²) in [6.45, 7) is 0.622. The first-order valence-electron chi connectivity index (χ1n) is 8.55. The lowest BCUT2D eigenvalue weighted by Gasteiger charge is -2.09. The van der Waals surface area contributed by atoms with Gasteiger partial charge in [0.1, 0.15) is 17.1 Å². The molecule has 0 aliphatic heterocycles. The molecule has 0 aliphatic rings. The second kappa shape index (κ2) is 6.88. The van der Waals surface area contributed by atoms with Crippen LogP contribution in [0.3, 0.4) is 0 Å². The largest absolute Gasteiger partial charge is 0.361 e. The molecule has 0 spiro atoms. The van der Waals surface area contributed by atoms with Crippen LogP contribution in [0.5, 0.6) is 0 Å². The van der Waals surface area contributed by atoms with E-state index in [9.17, 15) is 13.6 Å². The maximum atomic E-state index is 13.6. The number of para-hydroxylation sites is 2. The number of halogens is 2. The Bertz CT molecular complexity index is 1140. The Balaban J connectivity index is 1.65. The normalized spacial score (nSPS) is 11.3. The highest BCUT2D eigenvalue weighted by Crippen LogP contribution is 2.30. The first-order valence-corrected chi connectivity index (χ1v) is 8.55. The van der Waals surface area contributed by atoms with Gasteiger partial charge in [0, 0.05) is 11.3 Å². The molecular weight excluding hydrogens is 366 g/mol. The molecule has 2 aromatic carbocycles. The van der Waals surface area contributed by atoms with E-state index in [4.69, 9.17) is 4.52 Å². The molecule has 1 N–H and O–H groups in total. The van der Waals surface area contributed by atoms with Crippen LogP contribution in [-0.4, -0.2) is 20.6 Å². The van der Waals surface area contributed by atoms with Gasteiger partial charge in [0.25, 0.3) is 5.91 Å². The first-order chi connectivity index (χ1) is 13.5. The number of imidazole rings is 1. The number of hydrogen-bond donors (Lipinski definition) is 1. The van der Waals surface area contributed by atoms with E-state index >= 15 is 0 Å². The van der Waals surface area contributed by atoms with Crippen molar-refractivity contribution in [2.75, 3.05) is 5.32 Å². The van der Waals surface area contributed by atoms with E-state index in [1.165, 1.54) is 0 Å².